The number of aliphatic imine (C=N–C) groups is 1. The third-order valence-electron chi connectivity index (χ3n) is 4.70. The molecule has 1 heterocycles. The minimum Gasteiger partial charge on any atom is -0.363 e. The predicted octanol–water partition coefficient (Wildman–Crippen LogP) is 4.31. The van der Waals surface area contributed by atoms with Crippen LogP contribution in [0.2, 0.25) is 0 Å². The van der Waals surface area contributed by atoms with Gasteiger partial charge in [0.05, 0.1) is 12.1 Å². The van der Waals surface area contributed by atoms with E-state index in [4.69, 9.17) is 10.7 Å². The standard InChI is InChI=1S/C22H20FN3/c23-18-13-7-12-17(14-18)19(24)22-25-20(15-8-3-1-4-9-15)21(26-22)16-10-5-2-6-11-16/h1-14,19-21H,24H2,(H,25,26)/t19?,20-,21+. The second-order valence-corrected chi connectivity index (χ2v) is 6.44. The van der Waals surface area contributed by atoms with Crippen LogP contribution in [0.3, 0.4) is 0 Å². The van der Waals surface area contributed by atoms with Crippen molar-refractivity contribution < 1.29 is 4.39 Å². The zero-order valence-corrected chi connectivity index (χ0v) is 14.2. The van der Waals surface area contributed by atoms with E-state index in [1.54, 1.807) is 6.07 Å². The summed E-state index contributed by atoms with van der Waals surface area (Å²) in [5.41, 5.74) is 9.36. The molecule has 0 bridgehead atoms. The van der Waals surface area contributed by atoms with Crippen LogP contribution in [0.1, 0.15) is 34.8 Å². The molecule has 0 aromatic heterocycles. The highest BCUT2D eigenvalue weighted by Gasteiger charge is 2.33. The van der Waals surface area contributed by atoms with Gasteiger partial charge in [0.15, 0.2) is 0 Å². The fourth-order valence-electron chi connectivity index (χ4n) is 3.37. The topological polar surface area (TPSA) is 50.4 Å². The molecule has 26 heavy (non-hydrogen) atoms. The Balaban J connectivity index is 1.70. The SMILES string of the molecule is NC(C1=N[C@@H](c2ccccc2)[C@@H](c2ccccc2)N1)c1cccc(F)c1. The van der Waals surface area contributed by atoms with Crippen LogP contribution in [0.5, 0.6) is 0 Å². The van der Waals surface area contributed by atoms with Crippen molar-refractivity contribution >= 4 is 5.84 Å². The summed E-state index contributed by atoms with van der Waals surface area (Å²) in [6.45, 7) is 0. The Morgan fingerprint density at radius 1 is 0.846 bits per heavy atom. The third-order valence-corrected chi connectivity index (χ3v) is 4.70. The molecule has 1 aliphatic rings. The van der Waals surface area contributed by atoms with Gasteiger partial charge in [0.1, 0.15) is 17.7 Å². The van der Waals surface area contributed by atoms with Gasteiger partial charge in [-0.2, -0.15) is 0 Å². The summed E-state index contributed by atoms with van der Waals surface area (Å²) in [4.78, 5) is 4.88. The Labute approximate surface area is 152 Å². The van der Waals surface area contributed by atoms with Gasteiger partial charge in [-0.1, -0.05) is 72.8 Å². The van der Waals surface area contributed by atoms with Crippen molar-refractivity contribution in [2.75, 3.05) is 0 Å². The molecule has 4 heteroatoms. The molecular weight excluding hydrogens is 325 g/mol. The summed E-state index contributed by atoms with van der Waals surface area (Å²) in [6.07, 6.45) is 0. The second kappa shape index (κ2) is 7.10. The highest BCUT2D eigenvalue weighted by Crippen LogP contribution is 2.37. The van der Waals surface area contributed by atoms with Crippen molar-refractivity contribution in [2.24, 2.45) is 10.7 Å². The highest BCUT2D eigenvalue weighted by atomic mass is 19.1. The molecule has 0 amide bonds. The molecule has 0 fully saturated rings. The number of hydrogen-bond donors (Lipinski definition) is 2. The molecule has 130 valence electrons. The molecule has 3 N–H and O–H groups in total. The average molecular weight is 345 g/mol. The van der Waals surface area contributed by atoms with Crippen molar-refractivity contribution in [2.45, 2.75) is 18.1 Å². The molecule has 0 saturated heterocycles. The van der Waals surface area contributed by atoms with E-state index in [0.29, 0.717) is 11.4 Å². The molecule has 1 aliphatic heterocycles. The minimum absolute atomic E-state index is 0.00629. The zero-order valence-electron chi connectivity index (χ0n) is 14.2. The Kier molecular flexibility index (Phi) is 4.50. The molecule has 3 atom stereocenters. The van der Waals surface area contributed by atoms with Crippen molar-refractivity contribution in [3.05, 3.63) is 107 Å². The van der Waals surface area contributed by atoms with E-state index in [1.165, 1.54) is 12.1 Å². The number of nitrogens with two attached hydrogens (primary N) is 1. The number of rotatable bonds is 4. The van der Waals surface area contributed by atoms with Gasteiger partial charge in [-0.05, 0) is 28.8 Å². The van der Waals surface area contributed by atoms with Crippen LogP contribution in [0.4, 0.5) is 4.39 Å². The molecular formula is C22H20FN3. The number of amidine groups is 1. The fraction of sp³-hybridized carbons (Fsp3) is 0.136. The summed E-state index contributed by atoms with van der Waals surface area (Å²) < 4.78 is 13.6. The van der Waals surface area contributed by atoms with Crippen molar-refractivity contribution in [3.63, 3.8) is 0 Å². The second-order valence-electron chi connectivity index (χ2n) is 6.44. The lowest BCUT2D eigenvalue weighted by molar-refractivity contribution is 0.570. The molecule has 3 nitrogen and oxygen atoms in total. The van der Waals surface area contributed by atoms with E-state index in [2.05, 4.69) is 29.6 Å². The van der Waals surface area contributed by atoms with Gasteiger partial charge in [-0.15, -0.1) is 0 Å². The third kappa shape index (κ3) is 3.24. The maximum absolute atomic E-state index is 13.6. The Bertz CT molecular complexity index is 909. The van der Waals surface area contributed by atoms with Gasteiger partial charge in [-0.25, -0.2) is 4.39 Å². The average Bonchev–Trinajstić information content (AvgIpc) is 3.14. The highest BCUT2D eigenvalue weighted by molar-refractivity contribution is 5.90. The van der Waals surface area contributed by atoms with Crippen molar-refractivity contribution in [1.82, 2.24) is 5.32 Å². The first kappa shape index (κ1) is 16.5. The van der Waals surface area contributed by atoms with Gasteiger partial charge >= 0.3 is 0 Å². The van der Waals surface area contributed by atoms with E-state index in [-0.39, 0.29) is 17.9 Å². The van der Waals surface area contributed by atoms with Crippen LogP contribution in [-0.2, 0) is 0 Å². The van der Waals surface area contributed by atoms with Gasteiger partial charge in [0.25, 0.3) is 0 Å². The molecule has 3 aromatic rings. The smallest absolute Gasteiger partial charge is 0.123 e. The van der Waals surface area contributed by atoms with Gasteiger partial charge < -0.3 is 11.1 Å². The first-order chi connectivity index (χ1) is 12.7. The lowest BCUT2D eigenvalue weighted by Gasteiger charge is -2.20. The van der Waals surface area contributed by atoms with E-state index >= 15 is 0 Å². The summed E-state index contributed by atoms with van der Waals surface area (Å²) in [6, 6.07) is 26.2. The Hall–Kier alpha value is -2.98. The van der Waals surface area contributed by atoms with Crippen LogP contribution in [0.25, 0.3) is 0 Å². The molecule has 0 aliphatic carbocycles. The molecule has 0 saturated carbocycles. The van der Waals surface area contributed by atoms with E-state index in [1.807, 2.05) is 42.5 Å². The minimum atomic E-state index is -0.495. The van der Waals surface area contributed by atoms with Crippen LogP contribution < -0.4 is 11.1 Å². The molecule has 3 aromatic carbocycles. The quantitative estimate of drug-likeness (QED) is 0.740. The summed E-state index contributed by atoms with van der Waals surface area (Å²) in [5.74, 6) is 0.383. The maximum Gasteiger partial charge on any atom is 0.123 e. The largest absolute Gasteiger partial charge is 0.363 e. The number of nitrogens with one attached hydrogen (secondary N) is 1. The van der Waals surface area contributed by atoms with Gasteiger partial charge in [0, 0.05) is 0 Å². The Morgan fingerprint density at radius 3 is 2.15 bits per heavy atom. The molecule has 4 rings (SSSR count). The van der Waals surface area contributed by atoms with E-state index in [0.717, 1.165) is 11.1 Å². The molecule has 0 radical (unpaired) electrons. The number of halogens is 1. The fourth-order valence-corrected chi connectivity index (χ4v) is 3.37. The van der Waals surface area contributed by atoms with Crippen LogP contribution >= 0.6 is 0 Å². The number of benzene rings is 3. The molecule has 0 spiro atoms. The van der Waals surface area contributed by atoms with Gasteiger partial charge in [0.2, 0.25) is 0 Å². The summed E-state index contributed by atoms with van der Waals surface area (Å²) in [7, 11) is 0. The van der Waals surface area contributed by atoms with E-state index < -0.39 is 6.04 Å². The number of hydrogen-bond acceptors (Lipinski definition) is 3. The summed E-state index contributed by atoms with van der Waals surface area (Å²) >= 11 is 0. The van der Waals surface area contributed by atoms with Crippen LogP contribution in [0, 0.1) is 5.82 Å². The number of nitrogens with zero attached hydrogens (tertiary/aromatic N) is 1. The first-order valence-corrected chi connectivity index (χ1v) is 8.67. The Morgan fingerprint density at radius 2 is 1.50 bits per heavy atom. The normalized spacial score (nSPS) is 20.3. The lowest BCUT2D eigenvalue weighted by atomic mass is 9.95. The van der Waals surface area contributed by atoms with Gasteiger partial charge in [-0.3, -0.25) is 4.99 Å². The zero-order chi connectivity index (χ0) is 17.9. The van der Waals surface area contributed by atoms with Crippen LogP contribution in [0.15, 0.2) is 89.9 Å². The lowest BCUT2D eigenvalue weighted by Crippen LogP contribution is -2.33. The van der Waals surface area contributed by atoms with Crippen molar-refractivity contribution in [3.8, 4) is 0 Å². The summed E-state index contributed by atoms with van der Waals surface area (Å²) in [5, 5.41) is 3.48. The van der Waals surface area contributed by atoms with Crippen LogP contribution in [-0.4, -0.2) is 5.84 Å². The maximum atomic E-state index is 13.6. The van der Waals surface area contributed by atoms with Crippen molar-refractivity contribution in [1.29, 1.82) is 0 Å². The monoisotopic (exact) mass is 345 g/mol. The van der Waals surface area contributed by atoms with E-state index in [9.17, 15) is 4.39 Å². The first-order valence-electron chi connectivity index (χ1n) is 8.67. The predicted molar refractivity (Wildman–Crippen MR) is 102 cm³/mol. The molecule has 1 unspecified atom stereocenters.